The molecule has 0 unspecified atom stereocenters. The highest BCUT2D eigenvalue weighted by Crippen LogP contribution is 2.68. The van der Waals surface area contributed by atoms with Gasteiger partial charge in [0.25, 0.3) is 0 Å². The molecule has 2 heteroatoms. The van der Waals surface area contributed by atoms with Crippen molar-refractivity contribution in [3.63, 3.8) is 0 Å². The van der Waals surface area contributed by atoms with Gasteiger partial charge >= 0.3 is 0 Å². The fraction of sp³-hybridized carbons (Fsp3) is 0.262. The van der Waals surface area contributed by atoms with Crippen LogP contribution in [0.1, 0.15) is 105 Å². The molecule has 0 aromatic heterocycles. The van der Waals surface area contributed by atoms with Crippen LogP contribution in [0.5, 0.6) is 0 Å². The summed E-state index contributed by atoms with van der Waals surface area (Å²) in [6.45, 7) is 28.5. The first-order chi connectivity index (χ1) is 31.8. The summed E-state index contributed by atoms with van der Waals surface area (Å²) in [4.78, 5) is 4.83. The van der Waals surface area contributed by atoms with E-state index in [2.05, 4.69) is 275 Å². The van der Waals surface area contributed by atoms with Crippen molar-refractivity contribution in [2.75, 3.05) is 9.80 Å². The summed E-state index contributed by atoms with van der Waals surface area (Å²) < 4.78 is 0. The molecule has 0 heterocycles. The van der Waals surface area contributed by atoms with Crippen LogP contribution in [-0.2, 0) is 16.2 Å². The van der Waals surface area contributed by atoms with E-state index in [0.717, 1.165) is 34.1 Å². The summed E-state index contributed by atoms with van der Waals surface area (Å²) in [6, 6.07) is 68.6. The SMILES string of the molecule is CC(C)(C)c1ccc(N(c2ccccc2)c2ccc3cc4c(cc3c2)C(C(C)(C)C)(C(C)(C)C)c2c-4c3ccccc3c3cc(N(c4ccccc4)c4ccc(C(C)(C)C)cc4)ccc23)cc1. The van der Waals surface area contributed by atoms with Gasteiger partial charge in [0.1, 0.15) is 0 Å². The molecule has 0 bridgehead atoms. The number of hydrogen-bond donors (Lipinski definition) is 0. The Bertz CT molecular complexity index is 3280. The molecule has 10 rings (SSSR count). The van der Waals surface area contributed by atoms with Gasteiger partial charge in [0.15, 0.2) is 0 Å². The number of rotatable bonds is 6. The van der Waals surface area contributed by atoms with Gasteiger partial charge in [-0.25, -0.2) is 0 Å². The molecule has 1 aliphatic carbocycles. The van der Waals surface area contributed by atoms with Crippen molar-refractivity contribution in [2.45, 2.75) is 99.3 Å². The second-order valence-electron chi connectivity index (χ2n) is 23.1. The molecule has 0 N–H and O–H groups in total. The number of fused-ring (bicyclic) bond motifs is 9. The van der Waals surface area contributed by atoms with Crippen LogP contribution in [0.15, 0.2) is 182 Å². The third kappa shape index (κ3) is 7.23. The molecule has 0 saturated carbocycles. The second-order valence-corrected chi connectivity index (χ2v) is 23.1. The normalized spacial score (nSPS) is 13.8. The maximum Gasteiger partial charge on any atom is 0.0468 e. The molecule has 0 atom stereocenters. The lowest BCUT2D eigenvalue weighted by molar-refractivity contribution is 0.0965. The average molecular weight is 875 g/mol. The van der Waals surface area contributed by atoms with Crippen LogP contribution in [-0.4, -0.2) is 0 Å². The zero-order valence-corrected chi connectivity index (χ0v) is 41.7. The van der Waals surface area contributed by atoms with Gasteiger partial charge in [0, 0.05) is 39.5 Å². The van der Waals surface area contributed by atoms with Crippen molar-refractivity contribution in [3.05, 3.63) is 204 Å². The lowest BCUT2D eigenvalue weighted by Crippen LogP contribution is -2.50. The maximum atomic E-state index is 2.57. The smallest absolute Gasteiger partial charge is 0.0468 e. The summed E-state index contributed by atoms with van der Waals surface area (Å²) in [5.74, 6) is 0. The van der Waals surface area contributed by atoms with E-state index in [9.17, 15) is 0 Å². The number of para-hydroxylation sites is 2. The van der Waals surface area contributed by atoms with Crippen LogP contribution in [0.4, 0.5) is 34.1 Å². The summed E-state index contributed by atoms with van der Waals surface area (Å²) in [7, 11) is 0. The van der Waals surface area contributed by atoms with E-state index in [-0.39, 0.29) is 27.1 Å². The van der Waals surface area contributed by atoms with Gasteiger partial charge in [-0.1, -0.05) is 180 Å². The number of anilines is 6. The molecular weight excluding hydrogens is 809 g/mol. The van der Waals surface area contributed by atoms with Crippen molar-refractivity contribution in [1.82, 2.24) is 0 Å². The Morgan fingerprint density at radius 3 is 1.25 bits per heavy atom. The minimum atomic E-state index is -0.359. The molecule has 0 fully saturated rings. The van der Waals surface area contributed by atoms with Gasteiger partial charge in [0.05, 0.1) is 0 Å². The van der Waals surface area contributed by atoms with E-state index in [1.165, 1.54) is 65.7 Å². The number of benzene rings is 9. The maximum absolute atomic E-state index is 2.57. The van der Waals surface area contributed by atoms with E-state index in [4.69, 9.17) is 0 Å². The fourth-order valence-electron chi connectivity index (χ4n) is 12.0. The quantitative estimate of drug-likeness (QED) is 0.154. The number of hydrogen-bond acceptors (Lipinski definition) is 2. The van der Waals surface area contributed by atoms with Gasteiger partial charge in [-0.3, -0.25) is 0 Å². The predicted octanol–water partition coefficient (Wildman–Crippen LogP) is 19.0. The topological polar surface area (TPSA) is 6.48 Å². The summed E-state index contributed by atoms with van der Waals surface area (Å²) in [5, 5.41) is 7.70. The second kappa shape index (κ2) is 15.7. The van der Waals surface area contributed by atoms with Gasteiger partial charge in [-0.05, 0) is 172 Å². The van der Waals surface area contributed by atoms with E-state index >= 15 is 0 Å². The first-order valence-electron chi connectivity index (χ1n) is 24.3. The van der Waals surface area contributed by atoms with Crippen molar-refractivity contribution < 1.29 is 0 Å². The minimum absolute atomic E-state index is 0.0676. The molecule has 0 saturated heterocycles. The monoisotopic (exact) mass is 875 g/mol. The van der Waals surface area contributed by atoms with E-state index < -0.39 is 0 Å². The van der Waals surface area contributed by atoms with E-state index in [1.807, 2.05) is 0 Å². The van der Waals surface area contributed by atoms with Gasteiger partial charge < -0.3 is 9.80 Å². The molecule has 0 radical (unpaired) electrons. The molecule has 0 amide bonds. The van der Waals surface area contributed by atoms with Crippen LogP contribution >= 0.6 is 0 Å². The average Bonchev–Trinajstić information content (AvgIpc) is 3.61. The summed E-state index contributed by atoms with van der Waals surface area (Å²) in [5.41, 5.74) is 14.6. The molecule has 9 aromatic rings. The van der Waals surface area contributed by atoms with Gasteiger partial charge in [0.2, 0.25) is 0 Å². The highest BCUT2D eigenvalue weighted by Gasteiger charge is 2.58. The minimum Gasteiger partial charge on any atom is -0.310 e. The molecule has 0 aliphatic heterocycles. The first kappa shape index (κ1) is 44.2. The van der Waals surface area contributed by atoms with Crippen molar-refractivity contribution >= 4 is 66.4 Å². The van der Waals surface area contributed by atoms with Crippen LogP contribution in [0.2, 0.25) is 0 Å². The standard InChI is InChI=1S/C65H66N2/c1-61(2,3)45-28-33-49(34-29-45)66(47-21-15-13-16-22-47)51-32-27-43-40-57-58(41-44(43)39-51)65(63(7,8)9,64(10,11)12)60-55-38-37-52(42-56(55)53-25-19-20-26-54(53)59(57)60)67(48-23-17-14-18-24-48)50-35-30-46(31-36-50)62(4,5)6/h13-42H,1-12H3. The zero-order chi connectivity index (χ0) is 47.3. The summed E-state index contributed by atoms with van der Waals surface area (Å²) >= 11 is 0. The predicted molar refractivity (Wildman–Crippen MR) is 291 cm³/mol. The highest BCUT2D eigenvalue weighted by molar-refractivity contribution is 6.20. The highest BCUT2D eigenvalue weighted by atomic mass is 15.1. The van der Waals surface area contributed by atoms with Crippen molar-refractivity contribution in [3.8, 4) is 11.1 Å². The van der Waals surface area contributed by atoms with Crippen molar-refractivity contribution in [2.24, 2.45) is 10.8 Å². The number of nitrogens with zero attached hydrogens (tertiary/aromatic N) is 2. The molecule has 1 aliphatic rings. The van der Waals surface area contributed by atoms with E-state index in [1.54, 1.807) is 0 Å². The lowest BCUT2D eigenvalue weighted by atomic mass is 9.49. The molecule has 2 nitrogen and oxygen atoms in total. The molecule has 336 valence electrons. The molecule has 9 aromatic carbocycles. The third-order valence-corrected chi connectivity index (χ3v) is 14.8. The zero-order valence-electron chi connectivity index (χ0n) is 41.7. The van der Waals surface area contributed by atoms with E-state index in [0.29, 0.717) is 0 Å². The Morgan fingerprint density at radius 1 is 0.328 bits per heavy atom. The fourth-order valence-corrected chi connectivity index (χ4v) is 12.0. The Morgan fingerprint density at radius 2 is 0.761 bits per heavy atom. The van der Waals surface area contributed by atoms with Gasteiger partial charge in [-0.15, -0.1) is 0 Å². The van der Waals surface area contributed by atoms with Gasteiger partial charge in [-0.2, -0.15) is 0 Å². The molecular formula is C65H66N2. The lowest BCUT2D eigenvalue weighted by Gasteiger charge is -2.53. The largest absolute Gasteiger partial charge is 0.310 e. The Hall–Kier alpha value is -6.64. The van der Waals surface area contributed by atoms with Crippen molar-refractivity contribution in [1.29, 1.82) is 0 Å². The Balaban J connectivity index is 1.22. The van der Waals surface area contributed by atoms with Crippen LogP contribution in [0.3, 0.4) is 0 Å². The third-order valence-electron chi connectivity index (χ3n) is 14.8. The van der Waals surface area contributed by atoms with Crippen LogP contribution in [0, 0.1) is 10.8 Å². The Labute approximate surface area is 399 Å². The van der Waals surface area contributed by atoms with Crippen LogP contribution < -0.4 is 9.80 Å². The van der Waals surface area contributed by atoms with Crippen LogP contribution in [0.25, 0.3) is 43.4 Å². The summed E-state index contributed by atoms with van der Waals surface area (Å²) in [6.07, 6.45) is 0. The first-order valence-corrected chi connectivity index (χ1v) is 24.3. The molecule has 0 spiro atoms. The Kier molecular flexibility index (Phi) is 10.4. The molecule has 67 heavy (non-hydrogen) atoms.